The first-order valence-electron chi connectivity index (χ1n) is 8.78. The minimum Gasteiger partial charge on any atom is -0.374 e. The maximum Gasteiger partial charge on any atom is 0.500 e. The van der Waals surface area contributed by atoms with E-state index in [1.54, 1.807) is 0 Å². The summed E-state index contributed by atoms with van der Waals surface area (Å²) in [5.41, 5.74) is 0.431. The van der Waals surface area contributed by atoms with E-state index in [9.17, 15) is 0 Å². The van der Waals surface area contributed by atoms with Crippen LogP contribution in [0.4, 0.5) is 0 Å². The zero-order chi connectivity index (χ0) is 17.1. The van der Waals surface area contributed by atoms with Gasteiger partial charge >= 0.3 is 8.80 Å². The lowest BCUT2D eigenvalue weighted by Gasteiger charge is -2.28. The van der Waals surface area contributed by atoms with Crippen LogP contribution in [0.2, 0.25) is 6.04 Å². The normalized spacial score (nSPS) is 14.3. The fourth-order valence-corrected chi connectivity index (χ4v) is 6.68. The largest absolute Gasteiger partial charge is 0.500 e. The standard InChI is InChI=1S/C17H38O3SSi/c1-8-18-22(19-9-2,20-10-3)13-11-12-21-15-16(4)14-17(5,6)7/h16H,8-15H2,1-7H3. The van der Waals surface area contributed by atoms with E-state index in [0.717, 1.165) is 24.1 Å². The van der Waals surface area contributed by atoms with Crippen LogP contribution >= 0.6 is 11.8 Å². The molecule has 0 aliphatic carbocycles. The molecule has 0 heterocycles. The van der Waals surface area contributed by atoms with Gasteiger partial charge < -0.3 is 13.3 Å². The molecule has 3 nitrogen and oxygen atoms in total. The van der Waals surface area contributed by atoms with E-state index in [0.29, 0.717) is 25.2 Å². The molecule has 0 amide bonds. The molecule has 0 rings (SSSR count). The first-order valence-corrected chi connectivity index (χ1v) is 11.9. The average molecular weight is 351 g/mol. The second-order valence-corrected chi connectivity index (χ2v) is 10.9. The third kappa shape index (κ3) is 11.1. The highest BCUT2D eigenvalue weighted by Gasteiger charge is 2.39. The Balaban J connectivity index is 4.07. The van der Waals surface area contributed by atoms with Crippen LogP contribution in [0, 0.1) is 11.3 Å². The van der Waals surface area contributed by atoms with Crippen LogP contribution in [0.25, 0.3) is 0 Å². The van der Waals surface area contributed by atoms with Crippen LogP contribution in [-0.2, 0) is 13.3 Å². The average Bonchev–Trinajstić information content (AvgIpc) is 2.37. The van der Waals surface area contributed by atoms with Crippen molar-refractivity contribution in [2.45, 2.75) is 67.4 Å². The molecule has 1 unspecified atom stereocenters. The van der Waals surface area contributed by atoms with E-state index in [-0.39, 0.29) is 0 Å². The van der Waals surface area contributed by atoms with Crippen LogP contribution in [0.5, 0.6) is 0 Å². The second-order valence-electron chi connectivity index (χ2n) is 7.03. The van der Waals surface area contributed by atoms with E-state index >= 15 is 0 Å². The molecule has 0 aromatic rings. The number of hydrogen-bond donors (Lipinski definition) is 0. The van der Waals surface area contributed by atoms with Gasteiger partial charge in [0.15, 0.2) is 0 Å². The molecule has 1 atom stereocenters. The van der Waals surface area contributed by atoms with Crippen molar-refractivity contribution in [3.63, 3.8) is 0 Å². The Morgan fingerprint density at radius 3 is 1.86 bits per heavy atom. The molecule has 0 aliphatic rings. The molecule has 0 spiro atoms. The molecule has 134 valence electrons. The third-order valence-corrected chi connectivity index (χ3v) is 7.76. The summed E-state index contributed by atoms with van der Waals surface area (Å²) in [6.07, 6.45) is 2.40. The SMILES string of the molecule is CCO[Si](CCCSCC(C)CC(C)(C)C)(OCC)OCC. The Morgan fingerprint density at radius 1 is 0.955 bits per heavy atom. The van der Waals surface area contributed by atoms with Crippen molar-refractivity contribution in [3.8, 4) is 0 Å². The van der Waals surface area contributed by atoms with Gasteiger partial charge in [0.25, 0.3) is 0 Å². The molecule has 0 radical (unpaired) electrons. The van der Waals surface area contributed by atoms with E-state index in [1.807, 2.05) is 20.8 Å². The predicted molar refractivity (Wildman–Crippen MR) is 101 cm³/mol. The Kier molecular flexibility index (Phi) is 12.1. The van der Waals surface area contributed by atoms with Crippen LogP contribution in [0.15, 0.2) is 0 Å². The molecule has 0 saturated carbocycles. The molecule has 0 saturated heterocycles. The number of rotatable bonds is 13. The Labute approximate surface area is 144 Å². The van der Waals surface area contributed by atoms with Crippen LogP contribution < -0.4 is 0 Å². The van der Waals surface area contributed by atoms with Crippen LogP contribution in [0.1, 0.15) is 61.3 Å². The van der Waals surface area contributed by atoms with E-state index in [1.165, 1.54) is 12.2 Å². The lowest BCUT2D eigenvalue weighted by molar-refractivity contribution is 0.0712. The minimum atomic E-state index is -2.42. The van der Waals surface area contributed by atoms with Gasteiger partial charge in [0.1, 0.15) is 0 Å². The fourth-order valence-electron chi connectivity index (χ4n) is 2.78. The van der Waals surface area contributed by atoms with Gasteiger partial charge in [-0.05, 0) is 56.5 Å². The Hall–Kier alpha value is 0.447. The summed E-state index contributed by atoms with van der Waals surface area (Å²) in [6.45, 7) is 17.4. The smallest absolute Gasteiger partial charge is 0.374 e. The lowest BCUT2D eigenvalue weighted by atomic mass is 9.86. The minimum absolute atomic E-state index is 0.431. The molecule has 0 N–H and O–H groups in total. The molecule has 0 aromatic carbocycles. The van der Waals surface area contributed by atoms with Gasteiger partial charge in [-0.3, -0.25) is 0 Å². The van der Waals surface area contributed by atoms with Crippen molar-refractivity contribution >= 4 is 20.6 Å². The monoisotopic (exact) mass is 350 g/mol. The summed E-state index contributed by atoms with van der Waals surface area (Å²) in [4.78, 5) is 0. The molecule has 5 heteroatoms. The highest BCUT2D eigenvalue weighted by Crippen LogP contribution is 2.27. The van der Waals surface area contributed by atoms with Crippen LogP contribution in [-0.4, -0.2) is 40.1 Å². The zero-order valence-corrected chi connectivity index (χ0v) is 17.7. The van der Waals surface area contributed by atoms with Crippen molar-refractivity contribution in [2.24, 2.45) is 11.3 Å². The quantitative estimate of drug-likeness (QED) is 0.336. The first-order chi connectivity index (χ1) is 10.3. The van der Waals surface area contributed by atoms with Crippen LogP contribution in [0.3, 0.4) is 0 Å². The topological polar surface area (TPSA) is 27.7 Å². The van der Waals surface area contributed by atoms with Gasteiger partial charge in [0.05, 0.1) is 0 Å². The molecule has 0 fully saturated rings. The van der Waals surface area contributed by atoms with Gasteiger partial charge in [-0.25, -0.2) is 0 Å². The number of thioether (sulfide) groups is 1. The molecule has 22 heavy (non-hydrogen) atoms. The zero-order valence-electron chi connectivity index (χ0n) is 15.9. The Bertz CT molecular complexity index is 252. The third-order valence-electron chi connectivity index (χ3n) is 3.23. The van der Waals surface area contributed by atoms with Crippen molar-refractivity contribution in [3.05, 3.63) is 0 Å². The summed E-state index contributed by atoms with van der Waals surface area (Å²) in [7, 11) is -2.42. The van der Waals surface area contributed by atoms with Crippen molar-refractivity contribution < 1.29 is 13.3 Å². The Morgan fingerprint density at radius 2 is 1.45 bits per heavy atom. The highest BCUT2D eigenvalue weighted by atomic mass is 32.2. The predicted octanol–water partition coefficient (Wildman–Crippen LogP) is 5.23. The van der Waals surface area contributed by atoms with Crippen molar-refractivity contribution in [1.29, 1.82) is 0 Å². The van der Waals surface area contributed by atoms with Gasteiger partial charge in [-0.1, -0.05) is 27.7 Å². The summed E-state index contributed by atoms with van der Waals surface area (Å²) in [6, 6.07) is 0.934. The maximum absolute atomic E-state index is 5.89. The van der Waals surface area contributed by atoms with Gasteiger partial charge in [-0.15, -0.1) is 0 Å². The summed E-state index contributed by atoms with van der Waals surface area (Å²) in [5.74, 6) is 3.18. The molecule has 0 bridgehead atoms. The van der Waals surface area contributed by atoms with E-state index in [2.05, 4.69) is 39.5 Å². The molecule has 0 aromatic heterocycles. The van der Waals surface area contributed by atoms with Gasteiger partial charge in [0, 0.05) is 25.9 Å². The van der Waals surface area contributed by atoms with E-state index in [4.69, 9.17) is 13.3 Å². The van der Waals surface area contributed by atoms with Crippen molar-refractivity contribution in [1.82, 2.24) is 0 Å². The molecular weight excluding hydrogens is 312 g/mol. The summed E-state index contributed by atoms with van der Waals surface area (Å²) >= 11 is 2.05. The fraction of sp³-hybridized carbons (Fsp3) is 1.00. The lowest BCUT2D eigenvalue weighted by Crippen LogP contribution is -2.46. The summed E-state index contributed by atoms with van der Waals surface area (Å²) < 4.78 is 17.7. The van der Waals surface area contributed by atoms with Crippen molar-refractivity contribution in [2.75, 3.05) is 31.3 Å². The summed E-state index contributed by atoms with van der Waals surface area (Å²) in [5, 5.41) is 0. The van der Waals surface area contributed by atoms with Gasteiger partial charge in [0.2, 0.25) is 0 Å². The second kappa shape index (κ2) is 11.9. The first kappa shape index (κ1) is 22.4. The highest BCUT2D eigenvalue weighted by molar-refractivity contribution is 7.99. The van der Waals surface area contributed by atoms with Gasteiger partial charge in [-0.2, -0.15) is 11.8 Å². The molecule has 0 aliphatic heterocycles. The number of hydrogen-bond acceptors (Lipinski definition) is 4. The molecular formula is C17H38O3SSi. The maximum atomic E-state index is 5.89. The van der Waals surface area contributed by atoms with E-state index < -0.39 is 8.80 Å².